The minimum absolute atomic E-state index is 0.0655. The lowest BCUT2D eigenvalue weighted by atomic mass is 9.88. The number of nitrogens with one attached hydrogen (secondary N) is 2. The number of esters is 2. The molecule has 326 valence electrons. The fraction of sp³-hybridized carbons (Fsp3) is 0.449. The van der Waals surface area contributed by atoms with Crippen molar-refractivity contribution in [2.24, 2.45) is 0 Å². The summed E-state index contributed by atoms with van der Waals surface area (Å²) >= 11 is 1.50. The van der Waals surface area contributed by atoms with E-state index in [1.165, 1.54) is 24.9 Å². The molecule has 3 aromatic carbocycles. The van der Waals surface area contributed by atoms with Gasteiger partial charge in [0.05, 0.1) is 31.3 Å². The highest BCUT2D eigenvalue weighted by atomic mass is 32.1. The largest absolute Gasteiger partial charge is 0.466 e. The van der Waals surface area contributed by atoms with E-state index in [9.17, 15) is 24.0 Å². The van der Waals surface area contributed by atoms with Crippen molar-refractivity contribution >= 4 is 51.7 Å². The van der Waals surface area contributed by atoms with Crippen LogP contribution in [0.3, 0.4) is 0 Å². The predicted octanol–water partition coefficient (Wildman–Crippen LogP) is 9.66. The number of carbonyl (C=O) groups is 5. The summed E-state index contributed by atoms with van der Waals surface area (Å²) in [4.78, 5) is 69.4. The number of rotatable bonds is 21. The van der Waals surface area contributed by atoms with Crippen molar-refractivity contribution in [2.75, 3.05) is 44.5 Å². The zero-order valence-corrected chi connectivity index (χ0v) is 37.2. The third-order valence-electron chi connectivity index (χ3n) is 11.5. The average molecular weight is 851 g/mol. The number of amides is 3. The van der Waals surface area contributed by atoms with Crippen LogP contribution in [0.1, 0.15) is 137 Å². The lowest BCUT2D eigenvalue weighted by Gasteiger charge is -2.32. The highest BCUT2D eigenvalue weighted by Gasteiger charge is 2.25. The van der Waals surface area contributed by atoms with Gasteiger partial charge in [-0.3, -0.25) is 24.1 Å². The van der Waals surface area contributed by atoms with Gasteiger partial charge in [-0.2, -0.15) is 0 Å². The van der Waals surface area contributed by atoms with E-state index in [1.807, 2.05) is 60.7 Å². The number of methoxy groups -OCH3 is 1. The van der Waals surface area contributed by atoms with Gasteiger partial charge in [-0.05, 0) is 111 Å². The smallest absolute Gasteiger partial charge is 0.337 e. The molecule has 3 amide bonds. The van der Waals surface area contributed by atoms with Crippen LogP contribution in [0.5, 0.6) is 0 Å². The van der Waals surface area contributed by atoms with Crippen molar-refractivity contribution in [1.82, 2.24) is 9.80 Å². The Morgan fingerprint density at radius 2 is 1.43 bits per heavy atom. The van der Waals surface area contributed by atoms with Gasteiger partial charge in [-0.1, -0.05) is 69.5 Å². The number of benzene rings is 3. The van der Waals surface area contributed by atoms with Gasteiger partial charge in [0.1, 0.15) is 5.00 Å². The molecule has 0 aliphatic heterocycles. The third-order valence-corrected chi connectivity index (χ3v) is 12.8. The number of likely N-dealkylation sites (N-methyl/N-ethyl adjacent to an activating group) is 1. The summed E-state index contributed by atoms with van der Waals surface area (Å²) in [6.45, 7) is 8.09. The Morgan fingerprint density at radius 1 is 0.754 bits per heavy atom. The van der Waals surface area contributed by atoms with E-state index in [1.54, 1.807) is 37.1 Å². The van der Waals surface area contributed by atoms with Gasteiger partial charge in [-0.25, -0.2) is 4.79 Å². The number of hydrogen-bond acceptors (Lipinski definition) is 9. The van der Waals surface area contributed by atoms with E-state index in [0.717, 1.165) is 72.9 Å². The fourth-order valence-corrected chi connectivity index (χ4v) is 9.10. The molecular formula is C49H62N4O7S. The predicted molar refractivity (Wildman–Crippen MR) is 242 cm³/mol. The van der Waals surface area contributed by atoms with Crippen molar-refractivity contribution in [3.63, 3.8) is 0 Å². The molecule has 1 fully saturated rings. The lowest BCUT2D eigenvalue weighted by molar-refractivity contribution is -0.145. The molecule has 1 aliphatic carbocycles. The van der Waals surface area contributed by atoms with E-state index >= 15 is 0 Å². The van der Waals surface area contributed by atoms with Crippen molar-refractivity contribution in [1.29, 1.82) is 0 Å². The van der Waals surface area contributed by atoms with Crippen molar-refractivity contribution in [3.8, 4) is 0 Å². The number of nitrogens with zero attached hydrogens (tertiary/aromatic N) is 2. The molecule has 2 N–H and O–H groups in total. The molecule has 1 aromatic heterocycles. The first-order chi connectivity index (χ1) is 29.5. The Morgan fingerprint density at radius 3 is 2.07 bits per heavy atom. The maximum absolute atomic E-state index is 14.0. The Bertz CT molecular complexity index is 2070. The van der Waals surface area contributed by atoms with E-state index in [2.05, 4.69) is 29.4 Å². The van der Waals surface area contributed by atoms with Crippen molar-refractivity contribution < 1.29 is 33.4 Å². The van der Waals surface area contributed by atoms with Crippen LogP contribution in [0.4, 0.5) is 10.7 Å². The number of aryl methyl sites for hydroxylation is 2. The highest BCUT2D eigenvalue weighted by Crippen LogP contribution is 2.40. The number of carbonyl (C=O) groups excluding carboxylic acids is 5. The normalized spacial score (nSPS) is 12.9. The monoisotopic (exact) mass is 850 g/mol. The standard InChI is InChI=1S/C49H62N4O7S/c1-6-41(7-2)53(30-29-52(4)44(54)27-28-45(55)60-8-3)33-36-13-12-16-39(31-36)46(56)51-48-42(32-43(61-48)37-14-10-9-11-15-37)47(57)50-40-25-21-35(22-26-40)18-17-34-19-23-38(24-20-34)49(58)59-5/h12-13,16,19-26,31-32,37,41H,6-11,14-15,17-18,27-30,33H2,1-5H3,(H,50,57)(H,51,56). The molecule has 4 aromatic rings. The van der Waals surface area contributed by atoms with Gasteiger partial charge in [-0.15, -0.1) is 11.3 Å². The minimum Gasteiger partial charge on any atom is -0.466 e. The van der Waals surface area contributed by atoms with Crippen LogP contribution >= 0.6 is 11.3 Å². The minimum atomic E-state index is -0.368. The summed E-state index contributed by atoms with van der Waals surface area (Å²) in [5.41, 5.74) is 5.35. The molecule has 61 heavy (non-hydrogen) atoms. The van der Waals surface area contributed by atoms with Crippen LogP contribution in [-0.2, 0) is 38.4 Å². The quantitative estimate of drug-likeness (QED) is 0.0792. The Labute approximate surface area is 365 Å². The Kier molecular flexibility index (Phi) is 18.1. The lowest BCUT2D eigenvalue weighted by Crippen LogP contribution is -2.41. The summed E-state index contributed by atoms with van der Waals surface area (Å²) in [6, 6.07) is 25.1. The summed E-state index contributed by atoms with van der Waals surface area (Å²) < 4.78 is 9.77. The number of thiophene rings is 1. The molecule has 1 saturated carbocycles. The summed E-state index contributed by atoms with van der Waals surface area (Å²) in [5.74, 6) is -1.02. The van der Waals surface area contributed by atoms with Gasteiger partial charge in [0.25, 0.3) is 11.8 Å². The van der Waals surface area contributed by atoms with E-state index in [4.69, 9.17) is 9.47 Å². The molecule has 0 unspecified atom stereocenters. The Hall–Kier alpha value is -5.33. The molecule has 1 heterocycles. The summed E-state index contributed by atoms with van der Waals surface area (Å²) in [5, 5.41) is 6.72. The second-order valence-electron chi connectivity index (χ2n) is 15.8. The zero-order valence-electron chi connectivity index (χ0n) is 36.4. The van der Waals surface area contributed by atoms with Crippen molar-refractivity contribution in [3.05, 3.63) is 117 Å². The van der Waals surface area contributed by atoms with Gasteiger partial charge < -0.3 is 25.0 Å². The molecule has 0 saturated heterocycles. The molecule has 1 aliphatic rings. The third kappa shape index (κ3) is 13.8. The molecule has 12 heteroatoms. The summed E-state index contributed by atoms with van der Waals surface area (Å²) in [7, 11) is 3.13. The molecule has 0 radical (unpaired) electrons. The molecule has 0 atom stereocenters. The second kappa shape index (κ2) is 23.6. The van der Waals surface area contributed by atoms with Crippen LogP contribution in [-0.4, -0.2) is 79.4 Å². The van der Waals surface area contributed by atoms with Crippen molar-refractivity contribution in [2.45, 2.75) is 110 Å². The highest BCUT2D eigenvalue weighted by molar-refractivity contribution is 7.16. The first kappa shape index (κ1) is 46.7. The number of hydrogen-bond donors (Lipinski definition) is 2. The zero-order chi connectivity index (χ0) is 43.7. The first-order valence-electron chi connectivity index (χ1n) is 21.8. The molecular weight excluding hydrogens is 789 g/mol. The number of ether oxygens (including phenoxy) is 2. The molecule has 5 rings (SSSR count). The van der Waals surface area contributed by atoms with Gasteiger partial charge in [0, 0.05) is 55.3 Å². The van der Waals surface area contributed by atoms with E-state index in [0.29, 0.717) is 59.5 Å². The van der Waals surface area contributed by atoms with Crippen LogP contribution in [0.15, 0.2) is 78.9 Å². The van der Waals surface area contributed by atoms with E-state index < -0.39 is 0 Å². The van der Waals surface area contributed by atoms with E-state index in [-0.39, 0.29) is 48.5 Å². The maximum atomic E-state index is 14.0. The van der Waals surface area contributed by atoms with Gasteiger partial charge in [0.2, 0.25) is 5.91 Å². The number of anilines is 2. The van der Waals surface area contributed by atoms with Crippen LogP contribution in [0.2, 0.25) is 0 Å². The topological polar surface area (TPSA) is 134 Å². The van der Waals surface area contributed by atoms with Crippen LogP contribution < -0.4 is 10.6 Å². The summed E-state index contributed by atoms with van der Waals surface area (Å²) in [6.07, 6.45) is 9.30. The molecule has 0 bridgehead atoms. The molecule has 11 nitrogen and oxygen atoms in total. The van der Waals surface area contributed by atoms with Gasteiger partial charge >= 0.3 is 11.9 Å². The van der Waals surface area contributed by atoms with Crippen LogP contribution in [0, 0.1) is 0 Å². The maximum Gasteiger partial charge on any atom is 0.337 e. The SMILES string of the molecule is CCOC(=O)CCC(=O)N(C)CCN(Cc1cccc(C(=O)Nc2sc(C3CCCCC3)cc2C(=O)Nc2ccc(CCc3ccc(C(=O)OC)cc3)cc2)c1)C(CC)CC. The fourth-order valence-electron chi connectivity index (χ4n) is 7.88. The van der Waals surface area contributed by atoms with Gasteiger partial charge in [0.15, 0.2) is 0 Å². The van der Waals surface area contributed by atoms with Crippen LogP contribution in [0.25, 0.3) is 0 Å². The molecule has 0 spiro atoms. The first-order valence-corrected chi connectivity index (χ1v) is 22.6. The average Bonchev–Trinajstić information content (AvgIpc) is 3.71. The Balaban J connectivity index is 1.25. The second-order valence-corrected chi connectivity index (χ2v) is 16.9.